The van der Waals surface area contributed by atoms with Gasteiger partial charge in [-0.05, 0) is 30.7 Å². The number of benzene rings is 1. The average Bonchev–Trinajstić information content (AvgIpc) is 2.36. The van der Waals surface area contributed by atoms with Crippen LogP contribution >= 0.6 is 0 Å². The molecule has 2 rings (SSSR count). The number of hydrogen-bond acceptors (Lipinski definition) is 2. The summed E-state index contributed by atoms with van der Waals surface area (Å²) in [5, 5.41) is 2.41. The normalized spacial score (nSPS) is 10.2. The van der Waals surface area contributed by atoms with Gasteiger partial charge in [0.15, 0.2) is 0 Å². The lowest BCUT2D eigenvalue weighted by Crippen LogP contribution is -2.16. The van der Waals surface area contributed by atoms with Crippen molar-refractivity contribution >= 4 is 11.6 Å². The fourth-order valence-electron chi connectivity index (χ4n) is 1.49. The maximum atomic E-state index is 13.7. The van der Waals surface area contributed by atoms with Crippen LogP contribution < -0.4 is 5.32 Å². The number of carbonyl (C=O) groups excluding carboxylic acids is 1. The molecule has 0 saturated heterocycles. The third-order valence-corrected chi connectivity index (χ3v) is 2.45. The van der Waals surface area contributed by atoms with Gasteiger partial charge in [0, 0.05) is 18.1 Å². The molecule has 92 valence electrons. The molecule has 0 atom stereocenters. The highest BCUT2D eigenvalue weighted by Crippen LogP contribution is 2.17. The molecule has 3 nitrogen and oxygen atoms in total. The predicted molar refractivity (Wildman–Crippen MR) is 63.3 cm³/mol. The quantitative estimate of drug-likeness (QED) is 0.887. The number of aryl methyl sites for hydroxylation is 1. The molecule has 0 aliphatic carbocycles. The zero-order valence-corrected chi connectivity index (χ0v) is 9.58. The lowest BCUT2D eigenvalue weighted by molar-refractivity contribution is 0.101. The van der Waals surface area contributed by atoms with Gasteiger partial charge in [-0.2, -0.15) is 0 Å². The molecule has 1 heterocycles. The van der Waals surface area contributed by atoms with Gasteiger partial charge in [-0.1, -0.05) is 6.07 Å². The van der Waals surface area contributed by atoms with Crippen molar-refractivity contribution in [2.75, 3.05) is 5.32 Å². The van der Waals surface area contributed by atoms with Crippen molar-refractivity contribution in [2.45, 2.75) is 6.92 Å². The molecule has 0 bridgehead atoms. The number of carbonyl (C=O) groups is 1. The molecule has 0 aliphatic heterocycles. The number of rotatable bonds is 2. The van der Waals surface area contributed by atoms with Crippen molar-refractivity contribution in [2.24, 2.45) is 0 Å². The molecule has 5 heteroatoms. The number of anilines is 1. The summed E-state index contributed by atoms with van der Waals surface area (Å²) in [5.41, 5.74) is 0.0680. The van der Waals surface area contributed by atoms with Crippen LogP contribution in [-0.2, 0) is 0 Å². The van der Waals surface area contributed by atoms with Crippen LogP contribution in [0.4, 0.5) is 14.5 Å². The van der Waals surface area contributed by atoms with E-state index >= 15 is 0 Å². The molecular weight excluding hydrogens is 238 g/mol. The van der Waals surface area contributed by atoms with E-state index in [4.69, 9.17) is 0 Å². The van der Waals surface area contributed by atoms with Crippen molar-refractivity contribution in [3.8, 4) is 0 Å². The molecular formula is C13H10F2N2O. The third-order valence-electron chi connectivity index (χ3n) is 2.45. The summed E-state index contributed by atoms with van der Waals surface area (Å²) in [6.07, 6.45) is 2.94. The molecule has 0 fully saturated rings. The maximum Gasteiger partial charge on any atom is 0.261 e. The first kappa shape index (κ1) is 12.2. The number of nitrogens with one attached hydrogen (secondary N) is 1. The Morgan fingerprint density at radius 1 is 1.17 bits per heavy atom. The van der Waals surface area contributed by atoms with E-state index in [2.05, 4.69) is 10.3 Å². The zero-order valence-electron chi connectivity index (χ0n) is 9.58. The van der Waals surface area contributed by atoms with Gasteiger partial charge < -0.3 is 5.32 Å². The molecule has 18 heavy (non-hydrogen) atoms. The Hall–Kier alpha value is -2.30. The van der Waals surface area contributed by atoms with E-state index in [0.717, 1.165) is 6.07 Å². The minimum absolute atomic E-state index is 0.219. The van der Waals surface area contributed by atoms with Crippen LogP contribution in [0.1, 0.15) is 15.9 Å². The Kier molecular flexibility index (Phi) is 3.32. The highest BCUT2D eigenvalue weighted by atomic mass is 19.1. The van der Waals surface area contributed by atoms with Crippen LogP contribution in [0.2, 0.25) is 0 Å². The maximum absolute atomic E-state index is 13.7. The fourth-order valence-corrected chi connectivity index (χ4v) is 1.49. The zero-order chi connectivity index (χ0) is 13.1. The van der Waals surface area contributed by atoms with Gasteiger partial charge in [0.05, 0.1) is 0 Å². The van der Waals surface area contributed by atoms with Crippen LogP contribution in [0.25, 0.3) is 0 Å². The Bertz CT molecular complexity index is 585. The Morgan fingerprint density at radius 2 is 1.83 bits per heavy atom. The molecule has 0 unspecified atom stereocenters. The van der Waals surface area contributed by atoms with Gasteiger partial charge in [0.1, 0.15) is 17.2 Å². The minimum Gasteiger partial charge on any atom is -0.322 e. The molecule has 0 aliphatic rings. The van der Waals surface area contributed by atoms with Gasteiger partial charge in [0.25, 0.3) is 5.91 Å². The molecule has 0 saturated carbocycles. The second-order valence-electron chi connectivity index (χ2n) is 3.74. The smallest absolute Gasteiger partial charge is 0.261 e. The molecule has 2 aromatic rings. The van der Waals surface area contributed by atoms with E-state index < -0.39 is 23.1 Å². The van der Waals surface area contributed by atoms with Crippen LogP contribution in [0, 0.1) is 18.6 Å². The largest absolute Gasteiger partial charge is 0.322 e. The molecule has 1 aromatic heterocycles. The Morgan fingerprint density at radius 3 is 2.50 bits per heavy atom. The highest BCUT2D eigenvalue weighted by Gasteiger charge is 2.18. The van der Waals surface area contributed by atoms with Gasteiger partial charge in [-0.25, -0.2) is 8.78 Å². The second-order valence-corrected chi connectivity index (χ2v) is 3.74. The first-order chi connectivity index (χ1) is 8.59. The van der Waals surface area contributed by atoms with Crippen molar-refractivity contribution in [3.63, 3.8) is 0 Å². The monoisotopic (exact) mass is 248 g/mol. The van der Waals surface area contributed by atoms with Gasteiger partial charge in [0.2, 0.25) is 0 Å². The Labute approximate surface area is 102 Å². The van der Waals surface area contributed by atoms with Crippen LogP contribution in [0.5, 0.6) is 0 Å². The topological polar surface area (TPSA) is 42.0 Å². The summed E-state index contributed by atoms with van der Waals surface area (Å²) in [6.45, 7) is 1.47. The summed E-state index contributed by atoms with van der Waals surface area (Å²) >= 11 is 0. The van der Waals surface area contributed by atoms with Gasteiger partial charge >= 0.3 is 0 Å². The average molecular weight is 248 g/mol. The summed E-state index contributed by atoms with van der Waals surface area (Å²) in [7, 11) is 0. The minimum atomic E-state index is -0.885. The molecule has 1 amide bonds. The lowest BCUT2D eigenvalue weighted by atomic mass is 10.1. The number of pyridine rings is 1. The van der Waals surface area contributed by atoms with Crippen molar-refractivity contribution < 1.29 is 13.6 Å². The van der Waals surface area contributed by atoms with Crippen molar-refractivity contribution in [3.05, 3.63) is 59.4 Å². The summed E-state index contributed by atoms with van der Waals surface area (Å²) < 4.78 is 27.2. The molecule has 0 radical (unpaired) electrons. The number of amides is 1. The van der Waals surface area contributed by atoms with E-state index in [1.54, 1.807) is 0 Å². The van der Waals surface area contributed by atoms with Crippen molar-refractivity contribution in [1.29, 1.82) is 0 Å². The van der Waals surface area contributed by atoms with E-state index in [0.29, 0.717) is 5.69 Å². The molecule has 0 spiro atoms. The first-order valence-electron chi connectivity index (χ1n) is 5.25. The lowest BCUT2D eigenvalue weighted by Gasteiger charge is -2.08. The summed E-state index contributed by atoms with van der Waals surface area (Å²) in [4.78, 5) is 15.6. The molecule has 1 N–H and O–H groups in total. The van der Waals surface area contributed by atoms with Crippen LogP contribution in [0.15, 0.2) is 36.7 Å². The van der Waals surface area contributed by atoms with E-state index in [1.807, 2.05) is 0 Å². The number of halogens is 2. The van der Waals surface area contributed by atoms with Gasteiger partial charge in [-0.3, -0.25) is 9.78 Å². The van der Waals surface area contributed by atoms with E-state index in [-0.39, 0.29) is 5.56 Å². The number of nitrogens with zero attached hydrogens (tertiary/aromatic N) is 1. The predicted octanol–water partition coefficient (Wildman–Crippen LogP) is 2.92. The van der Waals surface area contributed by atoms with E-state index in [9.17, 15) is 13.6 Å². The Balaban J connectivity index is 2.33. The molecule has 1 aromatic carbocycles. The highest BCUT2D eigenvalue weighted by molar-refractivity contribution is 6.04. The van der Waals surface area contributed by atoms with Crippen LogP contribution in [0.3, 0.4) is 0 Å². The summed E-state index contributed by atoms with van der Waals surface area (Å²) in [5.74, 6) is -2.55. The summed E-state index contributed by atoms with van der Waals surface area (Å²) in [6, 6.07) is 5.42. The second kappa shape index (κ2) is 4.91. The third kappa shape index (κ3) is 2.34. The first-order valence-corrected chi connectivity index (χ1v) is 5.25. The number of aromatic nitrogens is 1. The fraction of sp³-hybridized carbons (Fsp3) is 0.0769. The SMILES string of the molecule is Cc1ccc(F)c(C(=O)Nc2ccncc2)c1F. The van der Waals surface area contributed by atoms with E-state index in [1.165, 1.54) is 37.5 Å². The van der Waals surface area contributed by atoms with Gasteiger partial charge in [-0.15, -0.1) is 0 Å². The van der Waals surface area contributed by atoms with Crippen LogP contribution in [-0.4, -0.2) is 10.9 Å². The number of hydrogen-bond donors (Lipinski definition) is 1. The standard InChI is InChI=1S/C13H10F2N2O/c1-8-2-3-10(14)11(12(8)15)13(18)17-9-4-6-16-7-5-9/h2-7H,1H3,(H,16,17,18). The van der Waals surface area contributed by atoms with Crippen molar-refractivity contribution in [1.82, 2.24) is 4.98 Å².